The zero-order chi connectivity index (χ0) is 24.8. The van der Waals surface area contributed by atoms with Crippen LogP contribution in [0.15, 0.2) is 6.08 Å². The maximum atomic E-state index is 13.0. The van der Waals surface area contributed by atoms with Crippen molar-refractivity contribution in [2.45, 2.75) is 84.7 Å². The summed E-state index contributed by atoms with van der Waals surface area (Å²) in [5, 5.41) is 0.0368. The summed E-state index contributed by atoms with van der Waals surface area (Å²) < 4.78 is 23.8. The normalized spacial score (nSPS) is 19.2. The Morgan fingerprint density at radius 3 is 2.48 bits per heavy atom. The molecular formula is C24H39N3O5Si. The van der Waals surface area contributed by atoms with E-state index in [9.17, 15) is 4.79 Å². The molecule has 0 aliphatic carbocycles. The first-order valence-electron chi connectivity index (χ1n) is 11.5. The van der Waals surface area contributed by atoms with Crippen molar-refractivity contribution in [2.75, 3.05) is 25.6 Å². The standard InChI is InChI=1S/C24H39N3O5Si/c1-15-18(19-21(26-20(15)25)30-14-29-19)16-10-11-27(22(28)31-23(2,3)4)13-17(12-16)32-33(8,9)24(5,6)7/h10,17H,11-14H2,1-9H3,(H2,25,26). The first-order chi connectivity index (χ1) is 15.1. The average Bonchev–Trinajstić information content (AvgIpc) is 2.99. The number of rotatable bonds is 3. The number of nitrogens with zero attached hydrogens (tertiary/aromatic N) is 2. The van der Waals surface area contributed by atoms with Gasteiger partial charge in [0, 0.05) is 24.2 Å². The van der Waals surface area contributed by atoms with Gasteiger partial charge in [-0.05, 0) is 57.8 Å². The number of aromatic nitrogens is 1. The van der Waals surface area contributed by atoms with E-state index < -0.39 is 13.9 Å². The van der Waals surface area contributed by atoms with Crippen molar-refractivity contribution < 1.29 is 23.4 Å². The van der Waals surface area contributed by atoms with Crippen LogP contribution in [0.25, 0.3) is 5.57 Å². The van der Waals surface area contributed by atoms with Gasteiger partial charge in [-0.3, -0.25) is 0 Å². The largest absolute Gasteiger partial charge is 0.451 e. The number of fused-ring (bicyclic) bond motifs is 1. The molecule has 0 fully saturated rings. The van der Waals surface area contributed by atoms with Crippen molar-refractivity contribution in [3.05, 3.63) is 17.2 Å². The molecule has 2 N–H and O–H groups in total. The minimum absolute atomic E-state index is 0.0368. The van der Waals surface area contributed by atoms with E-state index in [1.807, 2.05) is 33.8 Å². The van der Waals surface area contributed by atoms with Gasteiger partial charge in [0.05, 0.1) is 6.10 Å². The Balaban J connectivity index is 2.01. The molecule has 2 aliphatic rings. The summed E-state index contributed by atoms with van der Waals surface area (Å²) in [5.41, 5.74) is 8.35. The van der Waals surface area contributed by atoms with Gasteiger partial charge in [-0.1, -0.05) is 26.8 Å². The highest BCUT2D eigenvalue weighted by molar-refractivity contribution is 6.74. The molecule has 3 rings (SSSR count). The zero-order valence-electron chi connectivity index (χ0n) is 21.5. The maximum absolute atomic E-state index is 13.0. The van der Waals surface area contributed by atoms with E-state index in [4.69, 9.17) is 24.4 Å². The topological polar surface area (TPSA) is 96.1 Å². The first-order valence-corrected chi connectivity index (χ1v) is 14.4. The van der Waals surface area contributed by atoms with Crippen LogP contribution in [-0.4, -0.2) is 55.9 Å². The highest BCUT2D eigenvalue weighted by Gasteiger charge is 2.41. The lowest BCUT2D eigenvalue weighted by atomic mass is 9.96. The second-order valence-electron chi connectivity index (χ2n) is 11.4. The number of ether oxygens (including phenoxy) is 3. The monoisotopic (exact) mass is 477 g/mol. The fourth-order valence-corrected chi connectivity index (χ4v) is 5.04. The average molecular weight is 478 g/mol. The summed E-state index contributed by atoms with van der Waals surface area (Å²) >= 11 is 0. The van der Waals surface area contributed by atoms with Crippen molar-refractivity contribution >= 4 is 25.8 Å². The quantitative estimate of drug-likeness (QED) is 0.604. The molecule has 1 atom stereocenters. The fraction of sp³-hybridized carbons (Fsp3) is 0.667. The molecule has 0 bridgehead atoms. The van der Waals surface area contributed by atoms with Crippen LogP contribution in [0.5, 0.6) is 11.6 Å². The molecule has 33 heavy (non-hydrogen) atoms. The molecule has 1 amide bonds. The van der Waals surface area contributed by atoms with E-state index in [2.05, 4.69) is 38.8 Å². The van der Waals surface area contributed by atoms with Gasteiger partial charge in [-0.25, -0.2) is 4.79 Å². The van der Waals surface area contributed by atoms with Crippen molar-refractivity contribution in [3.8, 4) is 11.6 Å². The fourth-order valence-electron chi connectivity index (χ4n) is 3.70. The highest BCUT2D eigenvalue weighted by atomic mass is 28.4. The van der Waals surface area contributed by atoms with Gasteiger partial charge in [0.1, 0.15) is 11.4 Å². The van der Waals surface area contributed by atoms with Crippen LogP contribution in [0.1, 0.15) is 59.1 Å². The lowest BCUT2D eigenvalue weighted by Gasteiger charge is -2.40. The number of amides is 1. The van der Waals surface area contributed by atoms with E-state index in [0.717, 1.165) is 16.7 Å². The summed E-state index contributed by atoms with van der Waals surface area (Å²) in [4.78, 5) is 19.0. The third-order valence-corrected chi connectivity index (χ3v) is 11.0. The summed E-state index contributed by atoms with van der Waals surface area (Å²) in [6, 6.07) is 0. The van der Waals surface area contributed by atoms with E-state index >= 15 is 0 Å². The van der Waals surface area contributed by atoms with Crippen LogP contribution in [0.2, 0.25) is 18.1 Å². The number of nitrogens with two attached hydrogens (primary N) is 1. The number of hydrogen-bond acceptors (Lipinski definition) is 7. The molecule has 0 spiro atoms. The van der Waals surface area contributed by atoms with E-state index in [1.165, 1.54) is 0 Å². The van der Waals surface area contributed by atoms with Crippen molar-refractivity contribution in [3.63, 3.8) is 0 Å². The second-order valence-corrected chi connectivity index (χ2v) is 16.1. The Hall–Kier alpha value is -2.26. The van der Waals surface area contributed by atoms with E-state index in [-0.39, 0.29) is 24.0 Å². The maximum Gasteiger partial charge on any atom is 0.410 e. The van der Waals surface area contributed by atoms with Crippen LogP contribution in [0.3, 0.4) is 0 Å². The molecular weight excluding hydrogens is 438 g/mol. The lowest BCUT2D eigenvalue weighted by Crippen LogP contribution is -2.48. The predicted octanol–water partition coefficient (Wildman–Crippen LogP) is 5.12. The SMILES string of the molecule is Cc1c(N)nc2c(c1C1=CCN(C(=O)OC(C)(C)C)CC(O[Si](C)(C)C(C)(C)C)C1)OCO2. The van der Waals surface area contributed by atoms with Crippen LogP contribution in [0.4, 0.5) is 10.6 Å². The number of hydrogen-bond donors (Lipinski definition) is 1. The third kappa shape index (κ3) is 5.63. The molecule has 0 saturated carbocycles. The summed E-state index contributed by atoms with van der Waals surface area (Å²) in [6.07, 6.45) is 2.12. The predicted molar refractivity (Wildman–Crippen MR) is 132 cm³/mol. The minimum atomic E-state index is -2.10. The molecule has 9 heteroatoms. The molecule has 0 aromatic carbocycles. The Morgan fingerprint density at radius 1 is 1.21 bits per heavy atom. The Kier molecular flexibility index (Phi) is 6.79. The van der Waals surface area contributed by atoms with Gasteiger partial charge >= 0.3 is 6.09 Å². The molecule has 184 valence electrons. The minimum Gasteiger partial charge on any atom is -0.451 e. The summed E-state index contributed by atoms with van der Waals surface area (Å²) in [5.74, 6) is 1.42. The number of nitrogen functional groups attached to an aromatic ring is 1. The Morgan fingerprint density at radius 2 is 1.88 bits per heavy atom. The molecule has 1 unspecified atom stereocenters. The Labute approximate surface area is 198 Å². The van der Waals surface area contributed by atoms with E-state index in [1.54, 1.807) is 4.90 Å². The Bertz CT molecular complexity index is 947. The lowest BCUT2D eigenvalue weighted by molar-refractivity contribution is 0.0196. The number of anilines is 1. The third-order valence-electron chi connectivity index (χ3n) is 6.47. The van der Waals surface area contributed by atoms with Gasteiger partial charge < -0.3 is 29.3 Å². The van der Waals surface area contributed by atoms with Crippen molar-refractivity contribution in [1.29, 1.82) is 0 Å². The summed E-state index contributed by atoms with van der Waals surface area (Å²) in [6.45, 7) is 19.6. The van der Waals surface area contributed by atoms with Gasteiger partial charge in [-0.15, -0.1) is 0 Å². The molecule has 2 aliphatic heterocycles. The van der Waals surface area contributed by atoms with Crippen molar-refractivity contribution in [1.82, 2.24) is 9.88 Å². The van der Waals surface area contributed by atoms with Crippen LogP contribution in [-0.2, 0) is 9.16 Å². The second kappa shape index (κ2) is 8.83. The van der Waals surface area contributed by atoms with E-state index in [0.29, 0.717) is 37.0 Å². The first kappa shape index (κ1) is 25.4. The molecule has 1 aromatic heterocycles. The van der Waals surface area contributed by atoms with Gasteiger partial charge in [0.2, 0.25) is 6.79 Å². The van der Waals surface area contributed by atoms with Gasteiger partial charge in [0.15, 0.2) is 14.1 Å². The number of carbonyl (C=O) groups excluding carboxylic acids is 1. The summed E-state index contributed by atoms with van der Waals surface area (Å²) in [7, 11) is -2.10. The van der Waals surface area contributed by atoms with Crippen LogP contribution < -0.4 is 15.2 Å². The van der Waals surface area contributed by atoms with Gasteiger partial charge in [-0.2, -0.15) is 4.98 Å². The van der Waals surface area contributed by atoms with Crippen molar-refractivity contribution in [2.24, 2.45) is 0 Å². The molecule has 0 saturated heterocycles. The molecule has 1 aromatic rings. The number of pyridine rings is 1. The molecule has 8 nitrogen and oxygen atoms in total. The smallest absolute Gasteiger partial charge is 0.410 e. The zero-order valence-corrected chi connectivity index (χ0v) is 22.5. The highest BCUT2D eigenvalue weighted by Crippen LogP contribution is 2.44. The molecule has 0 radical (unpaired) electrons. The van der Waals surface area contributed by atoms with Crippen LogP contribution in [0, 0.1) is 6.92 Å². The number of carbonyl (C=O) groups is 1. The van der Waals surface area contributed by atoms with Crippen LogP contribution >= 0.6 is 0 Å². The molecule has 3 heterocycles. The van der Waals surface area contributed by atoms with Gasteiger partial charge in [0.25, 0.3) is 5.88 Å².